The number of nitrogens with zero attached hydrogens (tertiary/aromatic N) is 1. The number of amides is 2. The Balaban J connectivity index is 1.27. The highest BCUT2D eigenvalue weighted by molar-refractivity contribution is 6.11. The molecule has 2 amide bonds. The maximum Gasteiger partial charge on any atom is 0.251 e. The van der Waals surface area contributed by atoms with Crippen LogP contribution in [0.4, 0.5) is 5.69 Å². The number of anilines is 1. The molecular formula is C28H24N2O5. The Morgan fingerprint density at radius 1 is 0.943 bits per heavy atom. The Bertz CT molecular complexity index is 1380. The lowest BCUT2D eigenvalue weighted by atomic mass is 9.77. The molecule has 3 heterocycles. The molecule has 7 rings (SSSR count). The Kier molecular flexibility index (Phi) is 4.37. The average Bonchev–Trinajstić information content (AvgIpc) is 3.40. The highest BCUT2D eigenvalue weighted by atomic mass is 16.7. The molecule has 0 aromatic heterocycles. The van der Waals surface area contributed by atoms with Crippen LogP contribution in [-0.4, -0.2) is 31.8 Å². The van der Waals surface area contributed by atoms with Crippen LogP contribution in [0.25, 0.3) is 0 Å². The molecule has 1 N–H and O–H groups in total. The molecule has 1 fully saturated rings. The average molecular weight is 469 g/mol. The minimum Gasteiger partial charge on any atom is -0.491 e. The van der Waals surface area contributed by atoms with Crippen molar-refractivity contribution in [2.24, 2.45) is 5.92 Å². The van der Waals surface area contributed by atoms with Gasteiger partial charge in [-0.15, -0.1) is 0 Å². The summed E-state index contributed by atoms with van der Waals surface area (Å²) in [6.07, 6.45) is 2.35. The molecule has 1 spiro atoms. The van der Waals surface area contributed by atoms with Crippen LogP contribution in [0.15, 0.2) is 60.7 Å². The van der Waals surface area contributed by atoms with Gasteiger partial charge in [-0.3, -0.25) is 9.59 Å². The SMILES string of the molecule is O=C(NCC1CC1)c1ccccc1CN1C(=O)C2(COc3cc4c(cc32)OCO4)c2ccccc21. The van der Waals surface area contributed by atoms with Crippen molar-refractivity contribution in [3.05, 3.63) is 82.9 Å². The highest BCUT2D eigenvalue weighted by Gasteiger charge is 2.57. The van der Waals surface area contributed by atoms with E-state index in [2.05, 4.69) is 5.32 Å². The van der Waals surface area contributed by atoms with E-state index in [1.54, 1.807) is 4.90 Å². The number of benzene rings is 3. The lowest BCUT2D eigenvalue weighted by Crippen LogP contribution is -2.42. The zero-order valence-corrected chi connectivity index (χ0v) is 19.1. The fourth-order valence-electron chi connectivity index (χ4n) is 5.43. The standard InChI is InChI=1S/C28H24N2O5/c31-26(29-13-17-9-10-17)19-6-2-1-5-18(19)14-30-22-8-4-3-7-20(22)28(27(30)32)15-33-23-12-25-24(11-21(23)28)34-16-35-25/h1-8,11-12,17H,9-10,13-16H2,(H,29,31). The summed E-state index contributed by atoms with van der Waals surface area (Å²) in [6, 6.07) is 19.0. The largest absolute Gasteiger partial charge is 0.491 e. The molecule has 0 bridgehead atoms. The lowest BCUT2D eigenvalue weighted by molar-refractivity contribution is -0.122. The van der Waals surface area contributed by atoms with Crippen molar-refractivity contribution in [3.8, 4) is 17.2 Å². The van der Waals surface area contributed by atoms with Gasteiger partial charge >= 0.3 is 0 Å². The van der Waals surface area contributed by atoms with Gasteiger partial charge in [-0.2, -0.15) is 0 Å². The van der Waals surface area contributed by atoms with Gasteiger partial charge < -0.3 is 24.4 Å². The van der Waals surface area contributed by atoms with E-state index in [0.29, 0.717) is 41.8 Å². The number of hydrogen-bond acceptors (Lipinski definition) is 5. The summed E-state index contributed by atoms with van der Waals surface area (Å²) in [4.78, 5) is 29.0. The summed E-state index contributed by atoms with van der Waals surface area (Å²) in [5.41, 5.74) is 2.97. The summed E-state index contributed by atoms with van der Waals surface area (Å²) >= 11 is 0. The second kappa shape index (κ2) is 7.50. The Morgan fingerprint density at radius 2 is 1.71 bits per heavy atom. The van der Waals surface area contributed by atoms with Gasteiger partial charge in [-0.1, -0.05) is 36.4 Å². The first-order chi connectivity index (χ1) is 17.1. The minimum atomic E-state index is -0.962. The fourth-order valence-corrected chi connectivity index (χ4v) is 5.43. The number of ether oxygens (including phenoxy) is 3. The van der Waals surface area contributed by atoms with E-state index in [0.717, 1.165) is 22.4 Å². The van der Waals surface area contributed by atoms with Crippen LogP contribution in [0, 0.1) is 5.92 Å². The van der Waals surface area contributed by atoms with Gasteiger partial charge in [0, 0.05) is 29.4 Å². The topological polar surface area (TPSA) is 77.1 Å². The van der Waals surface area contributed by atoms with E-state index in [9.17, 15) is 9.59 Å². The molecule has 1 atom stereocenters. The van der Waals surface area contributed by atoms with Crippen LogP contribution in [0.3, 0.4) is 0 Å². The third-order valence-electron chi connectivity index (χ3n) is 7.48. The Labute approximate surface area is 202 Å². The van der Waals surface area contributed by atoms with Gasteiger partial charge in [0.1, 0.15) is 17.8 Å². The quantitative estimate of drug-likeness (QED) is 0.617. The van der Waals surface area contributed by atoms with Crippen molar-refractivity contribution in [2.75, 3.05) is 24.8 Å². The Hall–Kier alpha value is -4.00. The summed E-state index contributed by atoms with van der Waals surface area (Å²) in [5.74, 6) is 2.32. The van der Waals surface area contributed by atoms with Gasteiger partial charge in [0.25, 0.3) is 5.91 Å². The Morgan fingerprint density at radius 3 is 2.57 bits per heavy atom. The predicted molar refractivity (Wildman–Crippen MR) is 128 cm³/mol. The monoisotopic (exact) mass is 468 g/mol. The molecule has 0 radical (unpaired) electrons. The molecule has 1 saturated carbocycles. The molecule has 3 aromatic carbocycles. The van der Waals surface area contributed by atoms with E-state index in [4.69, 9.17) is 14.2 Å². The number of fused-ring (bicyclic) bond motifs is 5. The smallest absolute Gasteiger partial charge is 0.251 e. The van der Waals surface area contributed by atoms with Crippen molar-refractivity contribution < 1.29 is 23.8 Å². The summed E-state index contributed by atoms with van der Waals surface area (Å²) < 4.78 is 17.2. The third-order valence-corrected chi connectivity index (χ3v) is 7.48. The number of carbonyl (C=O) groups excluding carboxylic acids is 2. The normalized spacial score (nSPS) is 21.1. The van der Waals surface area contributed by atoms with Crippen molar-refractivity contribution in [2.45, 2.75) is 24.8 Å². The van der Waals surface area contributed by atoms with Crippen molar-refractivity contribution in [3.63, 3.8) is 0 Å². The first kappa shape index (κ1) is 20.4. The van der Waals surface area contributed by atoms with Crippen molar-refractivity contribution >= 4 is 17.5 Å². The minimum absolute atomic E-state index is 0.0653. The van der Waals surface area contributed by atoms with Gasteiger partial charge in [-0.05, 0) is 48.1 Å². The molecule has 3 aromatic rings. The predicted octanol–water partition coefficient (Wildman–Crippen LogP) is 3.78. The van der Waals surface area contributed by atoms with E-state index in [-0.39, 0.29) is 25.2 Å². The number of nitrogens with one attached hydrogen (secondary N) is 1. The van der Waals surface area contributed by atoms with Crippen LogP contribution in [0.2, 0.25) is 0 Å². The summed E-state index contributed by atoms with van der Waals surface area (Å²) in [7, 11) is 0. The molecule has 7 heteroatoms. The molecule has 7 nitrogen and oxygen atoms in total. The molecule has 1 unspecified atom stereocenters. The molecule has 1 aliphatic carbocycles. The number of hydrogen-bond donors (Lipinski definition) is 1. The molecule has 0 saturated heterocycles. The second-order valence-corrected chi connectivity index (χ2v) is 9.61. The molecular weight excluding hydrogens is 444 g/mol. The van der Waals surface area contributed by atoms with E-state index in [1.807, 2.05) is 60.7 Å². The van der Waals surface area contributed by atoms with E-state index in [1.165, 1.54) is 12.8 Å². The zero-order valence-electron chi connectivity index (χ0n) is 19.1. The number of carbonyl (C=O) groups is 2. The zero-order chi connectivity index (χ0) is 23.6. The van der Waals surface area contributed by atoms with Gasteiger partial charge in [0.2, 0.25) is 12.7 Å². The van der Waals surface area contributed by atoms with Gasteiger partial charge in [-0.25, -0.2) is 0 Å². The third kappa shape index (κ3) is 3.04. The molecule has 176 valence electrons. The van der Waals surface area contributed by atoms with Crippen LogP contribution < -0.4 is 24.4 Å². The van der Waals surface area contributed by atoms with Crippen LogP contribution >= 0.6 is 0 Å². The first-order valence-corrected chi connectivity index (χ1v) is 12.0. The molecule has 4 aliphatic rings. The molecule has 3 aliphatic heterocycles. The summed E-state index contributed by atoms with van der Waals surface area (Å²) in [6.45, 7) is 1.36. The lowest BCUT2D eigenvalue weighted by Gasteiger charge is -2.24. The fraction of sp³-hybridized carbons (Fsp3) is 0.286. The van der Waals surface area contributed by atoms with Crippen LogP contribution in [-0.2, 0) is 16.8 Å². The number of para-hydroxylation sites is 1. The van der Waals surface area contributed by atoms with Gasteiger partial charge in [0.05, 0.1) is 6.54 Å². The van der Waals surface area contributed by atoms with Gasteiger partial charge in [0.15, 0.2) is 11.5 Å². The van der Waals surface area contributed by atoms with Crippen molar-refractivity contribution in [1.29, 1.82) is 0 Å². The maximum atomic E-state index is 14.2. The highest BCUT2D eigenvalue weighted by Crippen LogP contribution is 2.55. The van der Waals surface area contributed by atoms with E-state index < -0.39 is 5.41 Å². The van der Waals surface area contributed by atoms with Crippen molar-refractivity contribution in [1.82, 2.24) is 5.32 Å². The van der Waals surface area contributed by atoms with E-state index >= 15 is 0 Å². The first-order valence-electron chi connectivity index (χ1n) is 12.0. The second-order valence-electron chi connectivity index (χ2n) is 9.61. The van der Waals surface area contributed by atoms with Crippen LogP contribution in [0.1, 0.15) is 39.9 Å². The molecule has 35 heavy (non-hydrogen) atoms. The van der Waals surface area contributed by atoms with Crippen LogP contribution in [0.5, 0.6) is 17.2 Å². The maximum absolute atomic E-state index is 14.2. The number of rotatable bonds is 5. The summed E-state index contributed by atoms with van der Waals surface area (Å²) in [5, 5.41) is 3.05.